The van der Waals surface area contributed by atoms with Crippen LogP contribution >= 0.6 is 0 Å². The van der Waals surface area contributed by atoms with Crippen molar-refractivity contribution in [3.8, 4) is 0 Å². The monoisotopic (exact) mass is 332 g/mol. The Kier molecular flexibility index (Phi) is 6.31. The highest BCUT2D eigenvalue weighted by Crippen LogP contribution is 2.26. The highest BCUT2D eigenvalue weighted by Gasteiger charge is 2.25. The molecule has 24 heavy (non-hydrogen) atoms. The lowest BCUT2D eigenvalue weighted by atomic mass is 10.1. The molecule has 3 amide bonds. The standard InChI is InChI=1S/C17H24N4O3/c1-2-13(17(24)19-11-18)20-15(22)10-21-14-8-4-3-6-12(14)7-5-9-16(21)23/h3-4,6,8,13H,2,5,7,9-11,18H2,1H3,(H,19,24)(H,20,22). The van der Waals surface area contributed by atoms with Crippen molar-refractivity contribution in [1.82, 2.24) is 10.6 Å². The van der Waals surface area contributed by atoms with Gasteiger partial charge in [-0.05, 0) is 30.9 Å². The molecule has 0 bridgehead atoms. The van der Waals surface area contributed by atoms with Crippen molar-refractivity contribution in [2.24, 2.45) is 5.73 Å². The Balaban J connectivity index is 2.09. The van der Waals surface area contributed by atoms with Gasteiger partial charge >= 0.3 is 0 Å². The van der Waals surface area contributed by atoms with Crippen LogP contribution in [-0.4, -0.2) is 37.0 Å². The van der Waals surface area contributed by atoms with Gasteiger partial charge < -0.3 is 21.3 Å². The summed E-state index contributed by atoms with van der Waals surface area (Å²) < 4.78 is 0. The van der Waals surface area contributed by atoms with E-state index in [9.17, 15) is 14.4 Å². The number of nitrogens with zero attached hydrogens (tertiary/aromatic N) is 1. The second kappa shape index (κ2) is 8.44. The van der Waals surface area contributed by atoms with Crippen LogP contribution in [0.25, 0.3) is 0 Å². The van der Waals surface area contributed by atoms with E-state index in [4.69, 9.17) is 5.73 Å². The molecule has 4 N–H and O–H groups in total. The lowest BCUT2D eigenvalue weighted by Crippen LogP contribution is -2.50. The number of rotatable bonds is 6. The molecule has 0 aliphatic carbocycles. The van der Waals surface area contributed by atoms with Crippen molar-refractivity contribution in [3.63, 3.8) is 0 Å². The van der Waals surface area contributed by atoms with Gasteiger partial charge in [0.15, 0.2) is 0 Å². The van der Waals surface area contributed by atoms with E-state index < -0.39 is 6.04 Å². The molecule has 0 saturated heterocycles. The summed E-state index contributed by atoms with van der Waals surface area (Å²) in [7, 11) is 0. The third-order valence-electron chi connectivity index (χ3n) is 4.06. The summed E-state index contributed by atoms with van der Waals surface area (Å²) in [4.78, 5) is 38.0. The van der Waals surface area contributed by atoms with E-state index in [2.05, 4.69) is 10.6 Å². The van der Waals surface area contributed by atoms with E-state index >= 15 is 0 Å². The molecule has 1 aliphatic heterocycles. The summed E-state index contributed by atoms with van der Waals surface area (Å²) in [6.45, 7) is 1.72. The first kappa shape index (κ1) is 17.9. The van der Waals surface area contributed by atoms with Crippen molar-refractivity contribution in [2.75, 3.05) is 18.1 Å². The van der Waals surface area contributed by atoms with E-state index in [1.807, 2.05) is 24.3 Å². The molecule has 0 aromatic heterocycles. The maximum Gasteiger partial charge on any atom is 0.243 e. The minimum Gasteiger partial charge on any atom is -0.343 e. The number of para-hydroxylation sites is 1. The molecule has 2 rings (SSSR count). The Labute approximate surface area is 141 Å². The number of benzene rings is 1. The second-order valence-electron chi connectivity index (χ2n) is 5.74. The Hall–Kier alpha value is -2.41. The van der Waals surface area contributed by atoms with Gasteiger partial charge in [0.25, 0.3) is 0 Å². The first-order chi connectivity index (χ1) is 11.6. The summed E-state index contributed by atoms with van der Waals surface area (Å²) in [5, 5.41) is 5.15. The maximum atomic E-state index is 12.4. The summed E-state index contributed by atoms with van der Waals surface area (Å²) in [5.74, 6) is -0.760. The van der Waals surface area contributed by atoms with Gasteiger partial charge in [-0.25, -0.2) is 0 Å². The molecule has 1 heterocycles. The largest absolute Gasteiger partial charge is 0.343 e. The van der Waals surface area contributed by atoms with Crippen molar-refractivity contribution in [3.05, 3.63) is 29.8 Å². The molecular weight excluding hydrogens is 308 g/mol. The van der Waals surface area contributed by atoms with Gasteiger partial charge in [0.05, 0.1) is 6.67 Å². The van der Waals surface area contributed by atoms with Gasteiger partial charge in [0.2, 0.25) is 17.7 Å². The van der Waals surface area contributed by atoms with Gasteiger partial charge in [-0.2, -0.15) is 0 Å². The normalized spacial score (nSPS) is 15.2. The predicted octanol–water partition coefficient (Wildman–Crippen LogP) is 0.283. The fourth-order valence-electron chi connectivity index (χ4n) is 2.82. The summed E-state index contributed by atoms with van der Waals surface area (Å²) >= 11 is 0. The van der Waals surface area contributed by atoms with Crippen LogP contribution in [0, 0.1) is 0 Å². The summed E-state index contributed by atoms with van der Waals surface area (Å²) in [5.41, 5.74) is 7.13. The second-order valence-corrected chi connectivity index (χ2v) is 5.74. The van der Waals surface area contributed by atoms with Crippen molar-refractivity contribution in [1.29, 1.82) is 0 Å². The Morgan fingerprint density at radius 2 is 2.04 bits per heavy atom. The zero-order chi connectivity index (χ0) is 17.5. The summed E-state index contributed by atoms with van der Waals surface area (Å²) in [6.07, 6.45) is 2.44. The molecule has 130 valence electrons. The number of amides is 3. The van der Waals surface area contributed by atoms with Crippen LogP contribution in [0.4, 0.5) is 5.69 Å². The number of nitrogens with two attached hydrogens (primary N) is 1. The minimum absolute atomic E-state index is 0.0171. The van der Waals surface area contributed by atoms with Gasteiger partial charge in [-0.1, -0.05) is 25.1 Å². The molecule has 1 unspecified atom stereocenters. The number of carbonyl (C=O) groups is 3. The molecule has 1 aliphatic rings. The summed E-state index contributed by atoms with van der Waals surface area (Å²) in [6, 6.07) is 6.95. The number of hydrogen-bond donors (Lipinski definition) is 3. The first-order valence-corrected chi connectivity index (χ1v) is 8.22. The predicted molar refractivity (Wildman–Crippen MR) is 91.2 cm³/mol. The highest BCUT2D eigenvalue weighted by atomic mass is 16.2. The Morgan fingerprint density at radius 1 is 1.29 bits per heavy atom. The zero-order valence-electron chi connectivity index (χ0n) is 13.9. The van der Waals surface area contributed by atoms with Crippen LogP contribution in [-0.2, 0) is 20.8 Å². The molecule has 0 fully saturated rings. The Morgan fingerprint density at radius 3 is 2.75 bits per heavy atom. The number of anilines is 1. The number of aryl methyl sites for hydroxylation is 1. The molecule has 0 saturated carbocycles. The van der Waals surface area contributed by atoms with Crippen LogP contribution < -0.4 is 21.3 Å². The molecule has 1 aromatic rings. The van der Waals surface area contributed by atoms with Gasteiger partial charge in [0, 0.05) is 12.1 Å². The fraction of sp³-hybridized carbons (Fsp3) is 0.471. The molecule has 7 heteroatoms. The molecule has 7 nitrogen and oxygen atoms in total. The van der Waals surface area contributed by atoms with E-state index in [1.165, 1.54) is 4.90 Å². The highest BCUT2D eigenvalue weighted by molar-refractivity contribution is 6.00. The first-order valence-electron chi connectivity index (χ1n) is 8.22. The number of hydrogen-bond acceptors (Lipinski definition) is 4. The van der Waals surface area contributed by atoms with Crippen LogP contribution in [0.5, 0.6) is 0 Å². The number of fused-ring (bicyclic) bond motifs is 1. The number of nitrogens with one attached hydrogen (secondary N) is 2. The third-order valence-corrected chi connectivity index (χ3v) is 4.06. The fourth-order valence-corrected chi connectivity index (χ4v) is 2.82. The van der Waals surface area contributed by atoms with Crippen molar-refractivity contribution in [2.45, 2.75) is 38.6 Å². The molecule has 1 atom stereocenters. The SMILES string of the molecule is CCC(NC(=O)CN1C(=O)CCCc2ccccc21)C(=O)NCN. The molecular formula is C17H24N4O3. The minimum atomic E-state index is -0.654. The lowest BCUT2D eigenvalue weighted by molar-refractivity contribution is -0.129. The zero-order valence-corrected chi connectivity index (χ0v) is 13.9. The van der Waals surface area contributed by atoms with E-state index in [0.717, 1.165) is 24.1 Å². The van der Waals surface area contributed by atoms with Crippen LogP contribution in [0.2, 0.25) is 0 Å². The Bertz CT molecular complexity index is 618. The smallest absolute Gasteiger partial charge is 0.243 e. The average molecular weight is 332 g/mol. The van der Waals surface area contributed by atoms with Gasteiger partial charge in [0.1, 0.15) is 12.6 Å². The van der Waals surface area contributed by atoms with Gasteiger partial charge in [-0.15, -0.1) is 0 Å². The van der Waals surface area contributed by atoms with Crippen molar-refractivity contribution >= 4 is 23.4 Å². The topological polar surface area (TPSA) is 105 Å². The van der Waals surface area contributed by atoms with E-state index in [1.54, 1.807) is 6.92 Å². The number of carbonyl (C=O) groups excluding carboxylic acids is 3. The van der Waals surface area contributed by atoms with Crippen LogP contribution in [0.15, 0.2) is 24.3 Å². The molecule has 1 aromatic carbocycles. The van der Waals surface area contributed by atoms with Crippen molar-refractivity contribution < 1.29 is 14.4 Å². The maximum absolute atomic E-state index is 12.4. The van der Waals surface area contributed by atoms with Crippen LogP contribution in [0.3, 0.4) is 0 Å². The third kappa shape index (κ3) is 4.32. The van der Waals surface area contributed by atoms with Crippen LogP contribution in [0.1, 0.15) is 31.7 Å². The quantitative estimate of drug-likeness (QED) is 0.651. The average Bonchev–Trinajstić information content (AvgIpc) is 2.72. The van der Waals surface area contributed by atoms with E-state index in [0.29, 0.717) is 12.8 Å². The van der Waals surface area contributed by atoms with Gasteiger partial charge in [-0.3, -0.25) is 14.4 Å². The molecule has 0 spiro atoms. The lowest BCUT2D eigenvalue weighted by Gasteiger charge is -2.24. The molecule has 0 radical (unpaired) electrons. The van der Waals surface area contributed by atoms with E-state index in [-0.39, 0.29) is 30.9 Å².